The van der Waals surface area contributed by atoms with Crippen LogP contribution in [0.2, 0.25) is 0 Å². The molecule has 2 atom stereocenters. The molecule has 0 radical (unpaired) electrons. The molecule has 0 aliphatic carbocycles. The molecule has 2 heterocycles. The van der Waals surface area contributed by atoms with Crippen molar-refractivity contribution in [1.82, 2.24) is 10.3 Å². The second kappa shape index (κ2) is 7.00. The first kappa shape index (κ1) is 15.2. The zero-order valence-corrected chi connectivity index (χ0v) is 11.3. The van der Waals surface area contributed by atoms with Crippen molar-refractivity contribution in [3.8, 4) is 0 Å². The lowest BCUT2D eigenvalue weighted by Gasteiger charge is -2.31. The maximum Gasteiger partial charge on any atom is 0.268 e. The van der Waals surface area contributed by atoms with E-state index in [1.807, 2.05) is 0 Å². The van der Waals surface area contributed by atoms with Gasteiger partial charge >= 0.3 is 0 Å². The number of pyridine rings is 1. The van der Waals surface area contributed by atoms with E-state index < -0.39 is 17.9 Å². The Balaban J connectivity index is 1.99. The number of nitrogens with one attached hydrogen (secondary N) is 2. The largest absolute Gasteiger partial charge is 0.379 e. The predicted octanol–water partition coefficient (Wildman–Crippen LogP) is -1.24. The van der Waals surface area contributed by atoms with E-state index in [1.165, 1.54) is 18.2 Å². The zero-order valence-electron chi connectivity index (χ0n) is 11.3. The van der Waals surface area contributed by atoms with Gasteiger partial charge in [-0.2, -0.15) is 0 Å². The topological polar surface area (TPSA) is 124 Å². The van der Waals surface area contributed by atoms with Crippen LogP contribution < -0.4 is 16.6 Å². The summed E-state index contributed by atoms with van der Waals surface area (Å²) >= 11 is 0. The van der Waals surface area contributed by atoms with Crippen molar-refractivity contribution in [1.29, 1.82) is 0 Å². The number of hydrogen-bond acceptors (Lipinski definition) is 5. The summed E-state index contributed by atoms with van der Waals surface area (Å²) in [5, 5.41) is 2.73. The first-order valence-electron chi connectivity index (χ1n) is 6.54. The summed E-state index contributed by atoms with van der Waals surface area (Å²) in [6, 6.07) is 3.90. The number of carbonyl (C=O) groups is 2. The average Bonchev–Trinajstić information content (AvgIpc) is 2.46. The van der Waals surface area contributed by atoms with E-state index in [-0.39, 0.29) is 30.6 Å². The van der Waals surface area contributed by atoms with E-state index in [2.05, 4.69) is 10.3 Å². The van der Waals surface area contributed by atoms with Crippen molar-refractivity contribution in [3.05, 3.63) is 34.2 Å². The van der Waals surface area contributed by atoms with E-state index >= 15 is 0 Å². The number of ether oxygens (including phenoxy) is 2. The third-order valence-electron chi connectivity index (χ3n) is 3.06. The Hall–Kier alpha value is -2.19. The number of amides is 2. The highest BCUT2D eigenvalue weighted by Crippen LogP contribution is 2.12. The molecule has 2 amide bonds. The lowest BCUT2D eigenvalue weighted by molar-refractivity contribution is -0.128. The summed E-state index contributed by atoms with van der Waals surface area (Å²) in [5.74, 6) is -1.00. The van der Waals surface area contributed by atoms with E-state index in [0.29, 0.717) is 13.0 Å². The maximum atomic E-state index is 12.1. The number of primary amides is 1. The maximum absolute atomic E-state index is 12.1. The highest BCUT2D eigenvalue weighted by molar-refractivity contribution is 5.92. The van der Waals surface area contributed by atoms with Crippen LogP contribution in [0.25, 0.3) is 0 Å². The van der Waals surface area contributed by atoms with Crippen LogP contribution in [0.1, 0.15) is 16.9 Å². The molecule has 1 aromatic heterocycles. The van der Waals surface area contributed by atoms with Gasteiger partial charge in [0.2, 0.25) is 11.5 Å². The monoisotopic (exact) mass is 295 g/mol. The molecule has 4 N–H and O–H groups in total. The van der Waals surface area contributed by atoms with Crippen LogP contribution in [0.3, 0.4) is 0 Å². The molecule has 21 heavy (non-hydrogen) atoms. The smallest absolute Gasteiger partial charge is 0.268 e. The Kier molecular flexibility index (Phi) is 5.07. The van der Waals surface area contributed by atoms with E-state index in [9.17, 15) is 14.4 Å². The number of hydrogen-bond donors (Lipinski definition) is 3. The Bertz CT molecular complexity index is 571. The molecule has 0 bridgehead atoms. The molecular weight excluding hydrogens is 278 g/mol. The van der Waals surface area contributed by atoms with Gasteiger partial charge in [-0.3, -0.25) is 14.4 Å². The van der Waals surface area contributed by atoms with Gasteiger partial charge in [0, 0.05) is 12.7 Å². The second-order valence-corrected chi connectivity index (χ2v) is 4.69. The molecule has 0 aromatic carbocycles. The minimum atomic E-state index is -0.570. The van der Waals surface area contributed by atoms with Gasteiger partial charge < -0.3 is 25.5 Å². The van der Waals surface area contributed by atoms with Crippen molar-refractivity contribution >= 4 is 11.8 Å². The molecular formula is C13H17N3O5. The number of carbonyl (C=O) groups excluding carboxylic acids is 2. The van der Waals surface area contributed by atoms with Gasteiger partial charge in [0.05, 0.1) is 18.8 Å². The molecule has 1 aromatic rings. The third-order valence-corrected chi connectivity index (χ3v) is 3.06. The number of rotatable bonds is 5. The normalized spacial score (nSPS) is 21.7. The van der Waals surface area contributed by atoms with Crippen molar-refractivity contribution in [2.75, 3.05) is 19.8 Å². The summed E-state index contributed by atoms with van der Waals surface area (Å²) < 4.78 is 10.7. The predicted molar refractivity (Wildman–Crippen MR) is 72.7 cm³/mol. The van der Waals surface area contributed by atoms with Crippen molar-refractivity contribution in [2.24, 2.45) is 5.73 Å². The number of aromatic amines is 1. The summed E-state index contributed by atoms with van der Waals surface area (Å²) in [6.07, 6.45) is 0.189. The minimum Gasteiger partial charge on any atom is -0.379 e. The Morgan fingerprint density at radius 3 is 3.00 bits per heavy atom. The second-order valence-electron chi connectivity index (χ2n) is 4.69. The molecule has 0 saturated carbocycles. The van der Waals surface area contributed by atoms with Gasteiger partial charge in [0.1, 0.15) is 12.3 Å². The summed E-state index contributed by atoms with van der Waals surface area (Å²) in [4.78, 5) is 36.5. The molecule has 0 unspecified atom stereocenters. The van der Waals surface area contributed by atoms with Gasteiger partial charge in [-0.05, 0) is 12.5 Å². The fraction of sp³-hybridized carbons (Fsp3) is 0.462. The first-order valence-corrected chi connectivity index (χ1v) is 6.54. The summed E-state index contributed by atoms with van der Waals surface area (Å²) in [5.41, 5.74) is 4.84. The molecule has 8 nitrogen and oxygen atoms in total. The van der Waals surface area contributed by atoms with Crippen molar-refractivity contribution in [3.63, 3.8) is 0 Å². The zero-order chi connectivity index (χ0) is 15.2. The SMILES string of the molecule is NC(=O)CO[C@@H]1CCOC[C@@H]1NC(=O)c1cccc(=O)[nH]1. The number of nitrogens with two attached hydrogens (primary N) is 1. The Morgan fingerprint density at radius 1 is 1.48 bits per heavy atom. The van der Waals surface area contributed by atoms with E-state index in [1.54, 1.807) is 0 Å². The number of aromatic nitrogens is 1. The van der Waals surface area contributed by atoms with Crippen molar-refractivity contribution in [2.45, 2.75) is 18.6 Å². The molecule has 1 aliphatic rings. The van der Waals surface area contributed by atoms with Gasteiger partial charge in [-0.25, -0.2) is 0 Å². The number of H-pyrrole nitrogens is 1. The van der Waals surface area contributed by atoms with Crippen LogP contribution >= 0.6 is 0 Å². The Morgan fingerprint density at radius 2 is 2.29 bits per heavy atom. The van der Waals surface area contributed by atoms with Crippen molar-refractivity contribution < 1.29 is 19.1 Å². The van der Waals surface area contributed by atoms with Gasteiger partial charge in [0.25, 0.3) is 5.91 Å². The lowest BCUT2D eigenvalue weighted by atomic mass is 10.1. The minimum absolute atomic E-state index is 0.154. The fourth-order valence-electron chi connectivity index (χ4n) is 2.07. The summed E-state index contributed by atoms with van der Waals surface area (Å²) in [7, 11) is 0. The van der Waals surface area contributed by atoms with Gasteiger partial charge in [-0.15, -0.1) is 0 Å². The van der Waals surface area contributed by atoms with Crippen LogP contribution in [-0.4, -0.2) is 48.8 Å². The van der Waals surface area contributed by atoms with E-state index in [4.69, 9.17) is 15.2 Å². The average molecular weight is 295 g/mol. The standard InChI is InChI=1S/C13H17N3O5/c14-11(17)7-21-10-4-5-20-6-9(10)16-13(19)8-2-1-3-12(18)15-8/h1-3,9-10H,4-7H2,(H2,14,17)(H,15,18)(H,16,19)/t9-,10+/m0/s1. The molecule has 1 aliphatic heterocycles. The highest BCUT2D eigenvalue weighted by atomic mass is 16.5. The van der Waals surface area contributed by atoms with Crippen LogP contribution in [-0.2, 0) is 14.3 Å². The van der Waals surface area contributed by atoms with Crippen LogP contribution in [0.15, 0.2) is 23.0 Å². The fourth-order valence-corrected chi connectivity index (χ4v) is 2.07. The van der Waals surface area contributed by atoms with Gasteiger partial charge in [0.15, 0.2) is 0 Å². The molecule has 8 heteroatoms. The lowest BCUT2D eigenvalue weighted by Crippen LogP contribution is -2.51. The quantitative estimate of drug-likeness (QED) is 0.627. The molecule has 0 spiro atoms. The molecule has 114 valence electrons. The van der Waals surface area contributed by atoms with E-state index in [0.717, 1.165) is 0 Å². The molecule has 1 fully saturated rings. The van der Waals surface area contributed by atoms with Gasteiger partial charge in [-0.1, -0.05) is 6.07 Å². The molecule has 2 rings (SSSR count). The Labute approximate surface area is 120 Å². The van der Waals surface area contributed by atoms with Crippen LogP contribution in [0.4, 0.5) is 0 Å². The van der Waals surface area contributed by atoms with Crippen LogP contribution in [0, 0.1) is 0 Å². The van der Waals surface area contributed by atoms with Crippen LogP contribution in [0.5, 0.6) is 0 Å². The highest BCUT2D eigenvalue weighted by Gasteiger charge is 2.28. The summed E-state index contributed by atoms with van der Waals surface area (Å²) in [6.45, 7) is 0.545. The molecule has 1 saturated heterocycles. The third kappa shape index (κ3) is 4.40. The first-order chi connectivity index (χ1) is 10.1.